The van der Waals surface area contributed by atoms with Crippen molar-refractivity contribution in [2.45, 2.75) is 6.92 Å². The number of aromatic nitrogens is 3. The van der Waals surface area contributed by atoms with Gasteiger partial charge in [0.15, 0.2) is 5.65 Å². The van der Waals surface area contributed by atoms with Gasteiger partial charge >= 0.3 is 0 Å². The Morgan fingerprint density at radius 2 is 2.33 bits per heavy atom. The third kappa shape index (κ3) is 0.967. The summed E-state index contributed by atoms with van der Waals surface area (Å²) in [6.07, 6.45) is 5.40. The molecule has 4 heteroatoms. The number of nitrogens with zero attached hydrogens (tertiary/aromatic N) is 3. The van der Waals surface area contributed by atoms with Crippen LogP contribution in [-0.4, -0.2) is 14.6 Å². The fourth-order valence-electron chi connectivity index (χ4n) is 1.10. The molecule has 0 saturated carbocycles. The van der Waals surface area contributed by atoms with E-state index in [9.17, 15) is 0 Å². The van der Waals surface area contributed by atoms with Crippen molar-refractivity contribution in [2.75, 3.05) is 0 Å². The lowest BCUT2D eigenvalue weighted by molar-refractivity contribution is 0.928. The second-order valence-corrected chi connectivity index (χ2v) is 2.67. The van der Waals surface area contributed by atoms with Crippen molar-refractivity contribution < 1.29 is 0 Å². The minimum absolute atomic E-state index is 0.795. The van der Waals surface area contributed by atoms with Crippen LogP contribution in [0, 0.1) is 13.5 Å². The maximum absolute atomic E-state index is 5.38. The Balaban J connectivity index is 2.73. The Morgan fingerprint density at radius 3 is 3.08 bits per heavy atom. The molecule has 2 heterocycles. The quantitative estimate of drug-likeness (QED) is 0.662. The number of rotatable bonds is 1. The molecule has 2 rings (SSSR count). The molecule has 61 valence electrons. The molecule has 0 fully saturated rings. The van der Waals surface area contributed by atoms with Gasteiger partial charge in [0.05, 0.1) is 12.7 Å². The second-order valence-electron chi connectivity index (χ2n) is 2.67. The summed E-state index contributed by atoms with van der Waals surface area (Å²) in [5, 5.41) is 4.09. The monoisotopic (exact) mass is 161 g/mol. The molecule has 2 aromatic heterocycles. The summed E-state index contributed by atoms with van der Waals surface area (Å²) in [6, 6.07) is 0. The van der Waals surface area contributed by atoms with Gasteiger partial charge in [-0.25, -0.2) is 9.50 Å². The zero-order valence-corrected chi connectivity index (χ0v) is 6.73. The first-order chi connectivity index (χ1) is 5.81. The molecule has 0 aromatic carbocycles. The van der Waals surface area contributed by atoms with E-state index in [2.05, 4.69) is 10.1 Å². The highest BCUT2D eigenvalue weighted by molar-refractivity contribution is 5.49. The maximum atomic E-state index is 5.38. The molecule has 0 unspecified atom stereocenters. The lowest BCUT2D eigenvalue weighted by atomic mass is 10.3. The molecule has 4 nitrogen and oxygen atoms in total. The van der Waals surface area contributed by atoms with E-state index in [-0.39, 0.29) is 0 Å². The first-order valence-corrected chi connectivity index (χ1v) is 3.66. The molecule has 0 aliphatic carbocycles. The van der Waals surface area contributed by atoms with E-state index in [1.54, 1.807) is 16.9 Å². The van der Waals surface area contributed by atoms with Gasteiger partial charge in [0, 0.05) is 18.0 Å². The van der Waals surface area contributed by atoms with Gasteiger partial charge in [0.1, 0.15) is 0 Å². The van der Waals surface area contributed by atoms with E-state index in [0.29, 0.717) is 0 Å². The van der Waals surface area contributed by atoms with Crippen LogP contribution >= 0.6 is 0 Å². The summed E-state index contributed by atoms with van der Waals surface area (Å²) < 4.78 is 1.72. The number of fused-ring (bicyclic) bond motifs is 1. The van der Waals surface area contributed by atoms with Gasteiger partial charge in [-0.3, -0.25) is 0 Å². The fourth-order valence-corrected chi connectivity index (χ4v) is 1.10. The Morgan fingerprint density at radius 1 is 1.50 bits per heavy atom. The molecule has 0 saturated heterocycles. The summed E-state index contributed by atoms with van der Waals surface area (Å²) in [5.74, 6) is 0. The molecule has 0 atom stereocenters. The highest BCUT2D eigenvalue weighted by atomic mass is 15.2. The molecule has 0 aliphatic heterocycles. The summed E-state index contributed by atoms with van der Waals surface area (Å²) in [6.45, 7) is 3.48. The van der Waals surface area contributed by atoms with Crippen LogP contribution in [0.5, 0.6) is 0 Å². The number of hydrogen-bond donors (Lipinski definition) is 1. The predicted octanol–water partition coefficient (Wildman–Crippen LogP) is 0.506. The highest BCUT2D eigenvalue weighted by Crippen LogP contribution is 2.07. The largest absolute Gasteiger partial charge is 0.322 e. The van der Waals surface area contributed by atoms with Gasteiger partial charge in [-0.1, -0.05) is 0 Å². The minimum Gasteiger partial charge on any atom is -0.322 e. The molecule has 0 spiro atoms. The molecule has 0 amide bonds. The summed E-state index contributed by atoms with van der Waals surface area (Å²) in [7, 11) is 0. The third-order valence-electron chi connectivity index (χ3n) is 1.69. The van der Waals surface area contributed by atoms with E-state index in [0.717, 1.165) is 16.8 Å². The van der Waals surface area contributed by atoms with Gasteiger partial charge in [-0.15, -0.1) is 0 Å². The Kier molecular flexibility index (Phi) is 1.55. The Bertz CT molecular complexity index is 404. The van der Waals surface area contributed by atoms with Crippen LogP contribution in [0.25, 0.3) is 5.65 Å². The normalized spacial score (nSPS) is 10.8. The van der Waals surface area contributed by atoms with E-state index in [1.807, 2.05) is 13.1 Å². The molecule has 1 radical (unpaired) electrons. The lowest BCUT2D eigenvalue weighted by Gasteiger charge is -1.94. The van der Waals surface area contributed by atoms with Crippen LogP contribution < -0.4 is 5.73 Å². The number of aryl methyl sites for hydroxylation is 1. The van der Waals surface area contributed by atoms with Gasteiger partial charge in [0.2, 0.25) is 0 Å². The van der Waals surface area contributed by atoms with Crippen LogP contribution in [0.3, 0.4) is 0 Å². The topological polar surface area (TPSA) is 56.2 Å². The van der Waals surface area contributed by atoms with Crippen LogP contribution in [0.2, 0.25) is 0 Å². The van der Waals surface area contributed by atoms with Crippen molar-refractivity contribution in [3.8, 4) is 0 Å². The summed E-state index contributed by atoms with van der Waals surface area (Å²) in [5.41, 5.74) is 8.11. The Labute approximate surface area is 70.0 Å². The zero-order chi connectivity index (χ0) is 8.55. The van der Waals surface area contributed by atoms with Gasteiger partial charge in [-0.05, 0) is 12.5 Å². The maximum Gasteiger partial charge on any atom is 0.159 e. The molecule has 2 N–H and O–H groups in total. The molecular formula is C8H9N4. The van der Waals surface area contributed by atoms with E-state index in [4.69, 9.17) is 5.73 Å². The predicted molar refractivity (Wildman–Crippen MR) is 45.3 cm³/mol. The molecular weight excluding hydrogens is 152 g/mol. The average Bonchev–Trinajstić information content (AvgIpc) is 2.46. The lowest BCUT2D eigenvalue weighted by Crippen LogP contribution is -1.95. The zero-order valence-electron chi connectivity index (χ0n) is 6.73. The van der Waals surface area contributed by atoms with Gasteiger partial charge in [-0.2, -0.15) is 5.10 Å². The summed E-state index contributed by atoms with van der Waals surface area (Å²) in [4.78, 5) is 4.20. The third-order valence-corrected chi connectivity index (χ3v) is 1.69. The van der Waals surface area contributed by atoms with Gasteiger partial charge in [0.25, 0.3) is 0 Å². The number of hydrogen-bond acceptors (Lipinski definition) is 3. The van der Waals surface area contributed by atoms with Crippen molar-refractivity contribution in [2.24, 2.45) is 5.73 Å². The SMILES string of the molecule is Cc1cnc2c([CH]N)cnn2c1. The van der Waals surface area contributed by atoms with Crippen molar-refractivity contribution in [1.29, 1.82) is 0 Å². The number of nitrogens with two attached hydrogens (primary N) is 1. The van der Waals surface area contributed by atoms with Crippen molar-refractivity contribution >= 4 is 5.65 Å². The molecule has 0 aliphatic rings. The highest BCUT2D eigenvalue weighted by Gasteiger charge is 2.02. The fraction of sp³-hybridized carbons (Fsp3) is 0.125. The minimum atomic E-state index is 0.795. The van der Waals surface area contributed by atoms with E-state index < -0.39 is 0 Å². The van der Waals surface area contributed by atoms with Crippen molar-refractivity contribution in [3.63, 3.8) is 0 Å². The van der Waals surface area contributed by atoms with Crippen LogP contribution in [0.1, 0.15) is 11.1 Å². The van der Waals surface area contributed by atoms with Crippen molar-refractivity contribution in [1.82, 2.24) is 14.6 Å². The van der Waals surface area contributed by atoms with Crippen molar-refractivity contribution in [3.05, 3.63) is 36.3 Å². The smallest absolute Gasteiger partial charge is 0.159 e. The molecule has 2 aromatic rings. The van der Waals surface area contributed by atoms with Crippen LogP contribution in [-0.2, 0) is 0 Å². The Hall–Kier alpha value is -1.42. The first kappa shape index (κ1) is 7.24. The standard InChI is InChI=1S/C8H9N4/c1-6-3-10-8-7(2-9)4-11-12(8)5-6/h2-5H,9H2,1H3. The average molecular weight is 161 g/mol. The van der Waals surface area contributed by atoms with Crippen LogP contribution in [0.4, 0.5) is 0 Å². The molecule has 12 heavy (non-hydrogen) atoms. The first-order valence-electron chi connectivity index (χ1n) is 3.66. The molecule has 0 bridgehead atoms. The summed E-state index contributed by atoms with van der Waals surface area (Å²) >= 11 is 0. The van der Waals surface area contributed by atoms with E-state index >= 15 is 0 Å². The van der Waals surface area contributed by atoms with Gasteiger partial charge < -0.3 is 5.73 Å². The van der Waals surface area contributed by atoms with Crippen LogP contribution in [0.15, 0.2) is 18.6 Å². The second kappa shape index (κ2) is 2.57. The van der Waals surface area contributed by atoms with E-state index in [1.165, 1.54) is 6.54 Å².